The Bertz CT molecular complexity index is 871. The summed E-state index contributed by atoms with van der Waals surface area (Å²) in [5.41, 5.74) is 15.9. The van der Waals surface area contributed by atoms with Crippen molar-refractivity contribution in [3.63, 3.8) is 0 Å². The minimum absolute atomic E-state index is 0.0252. The normalized spacial score (nSPS) is 11.6. The summed E-state index contributed by atoms with van der Waals surface area (Å²) in [6, 6.07) is -0.817. The van der Waals surface area contributed by atoms with E-state index in [4.69, 9.17) is 27.1 Å². The minimum Gasteiger partial charge on any atom is -0.475 e. The molecule has 0 aromatic heterocycles. The highest BCUT2D eigenvalue weighted by Gasteiger charge is 2.38. The lowest BCUT2D eigenvalue weighted by Crippen LogP contribution is -2.48. The molecule has 3 amide bonds. The monoisotopic (exact) mass is 694 g/mol. The van der Waals surface area contributed by atoms with E-state index in [0.29, 0.717) is 25.8 Å². The zero-order chi connectivity index (χ0) is 36.5. The molecule has 0 heterocycles. The second-order valence-electron chi connectivity index (χ2n) is 12.4. The number of nitrogens with two attached hydrogens (primary N) is 3. The van der Waals surface area contributed by atoms with Gasteiger partial charge in [-0.15, -0.1) is 0 Å². The molecule has 1 atom stereocenters. The summed E-state index contributed by atoms with van der Waals surface area (Å²) in [5.74, 6) is -4.01. The first-order valence-electron chi connectivity index (χ1n) is 18.0. The summed E-state index contributed by atoms with van der Waals surface area (Å²) in [5, 5.41) is 12.3. The van der Waals surface area contributed by atoms with Gasteiger partial charge < -0.3 is 32.9 Å². The lowest BCUT2D eigenvalue weighted by atomic mass is 10.0. The van der Waals surface area contributed by atoms with Crippen LogP contribution in [0.2, 0.25) is 0 Å². The Morgan fingerprint density at radius 1 is 0.646 bits per heavy atom. The van der Waals surface area contributed by atoms with Crippen molar-refractivity contribution in [2.24, 2.45) is 22.2 Å². The van der Waals surface area contributed by atoms with Crippen LogP contribution in [0.1, 0.15) is 161 Å². The summed E-state index contributed by atoms with van der Waals surface area (Å²) in [6.07, 6.45) is 24.0. The molecule has 0 aromatic carbocycles. The maximum Gasteiger partial charge on any atom is 0.490 e. The number of unbranched alkanes of at least 4 members (excludes halogenated alkanes) is 20. The number of carbonyl (C=O) groups excluding carboxylic acids is 3. The van der Waals surface area contributed by atoms with E-state index in [1.807, 2.05) is 0 Å². The van der Waals surface area contributed by atoms with Gasteiger partial charge in [0.25, 0.3) is 0 Å². The van der Waals surface area contributed by atoms with E-state index in [2.05, 4.69) is 22.5 Å². The number of halogens is 3. The number of carboxylic acid groups (broad SMARTS) is 1. The predicted molar refractivity (Wildman–Crippen MR) is 185 cm³/mol. The van der Waals surface area contributed by atoms with Gasteiger partial charge in [0.2, 0.25) is 17.7 Å². The highest BCUT2D eigenvalue weighted by molar-refractivity contribution is 5.89. The summed E-state index contributed by atoms with van der Waals surface area (Å²) >= 11 is 0. The Hall–Kier alpha value is -3.06. The van der Waals surface area contributed by atoms with Crippen molar-refractivity contribution in [1.29, 1.82) is 0 Å². The Kier molecular flexibility index (Phi) is 31.8. The van der Waals surface area contributed by atoms with Gasteiger partial charge in [0, 0.05) is 13.0 Å². The van der Waals surface area contributed by atoms with Crippen LogP contribution in [0, 0.1) is 0 Å². The number of carbonyl (C=O) groups is 4. The van der Waals surface area contributed by atoms with E-state index in [9.17, 15) is 27.6 Å². The number of alkyl halides is 3. The summed E-state index contributed by atoms with van der Waals surface area (Å²) in [4.78, 5) is 48.4. The van der Waals surface area contributed by atoms with E-state index in [0.717, 1.165) is 19.3 Å². The Labute approximate surface area is 286 Å². The quantitative estimate of drug-likeness (QED) is 0.0285. The topological polar surface area (TPSA) is 203 Å². The van der Waals surface area contributed by atoms with Crippen LogP contribution in [-0.4, -0.2) is 60.1 Å². The number of hydrogen-bond donors (Lipinski definition) is 6. The van der Waals surface area contributed by atoms with E-state index in [1.165, 1.54) is 116 Å². The van der Waals surface area contributed by atoms with Gasteiger partial charge in [-0.25, -0.2) is 4.79 Å². The molecular weight excluding hydrogens is 629 g/mol. The lowest BCUT2D eigenvalue weighted by Gasteiger charge is -2.15. The van der Waals surface area contributed by atoms with E-state index in [-0.39, 0.29) is 18.4 Å². The molecular formula is C34H65F3N6O5. The molecule has 0 bridgehead atoms. The number of hydrogen-bond acceptors (Lipinski definition) is 5. The molecule has 0 aliphatic heterocycles. The largest absolute Gasteiger partial charge is 0.490 e. The molecule has 48 heavy (non-hydrogen) atoms. The van der Waals surface area contributed by atoms with Gasteiger partial charge >= 0.3 is 12.1 Å². The third-order valence-electron chi connectivity index (χ3n) is 7.82. The second-order valence-corrected chi connectivity index (χ2v) is 12.4. The molecule has 0 aromatic rings. The number of nitrogens with zero attached hydrogens (tertiary/aromatic N) is 1. The molecule has 0 unspecified atom stereocenters. The van der Waals surface area contributed by atoms with Gasteiger partial charge in [0.15, 0.2) is 5.96 Å². The third kappa shape index (κ3) is 35.8. The molecule has 0 fully saturated rings. The maximum absolute atomic E-state index is 12.1. The highest BCUT2D eigenvalue weighted by atomic mass is 19.4. The summed E-state index contributed by atoms with van der Waals surface area (Å²) < 4.78 is 31.7. The molecule has 0 saturated carbocycles. The fraction of sp³-hybridized carbons (Fsp3) is 0.853. The van der Waals surface area contributed by atoms with Crippen LogP contribution in [0.4, 0.5) is 13.2 Å². The molecule has 14 heteroatoms. The van der Waals surface area contributed by atoms with Crippen LogP contribution in [0.5, 0.6) is 0 Å². The molecule has 0 aliphatic carbocycles. The molecule has 11 nitrogen and oxygen atoms in total. The molecule has 0 spiro atoms. The summed E-state index contributed by atoms with van der Waals surface area (Å²) in [6.45, 7) is 2.45. The minimum atomic E-state index is -5.08. The lowest BCUT2D eigenvalue weighted by molar-refractivity contribution is -0.192. The van der Waals surface area contributed by atoms with Crippen LogP contribution in [0.3, 0.4) is 0 Å². The van der Waals surface area contributed by atoms with Crippen LogP contribution < -0.4 is 27.8 Å². The van der Waals surface area contributed by atoms with Gasteiger partial charge in [0.05, 0.1) is 6.54 Å². The van der Waals surface area contributed by atoms with Gasteiger partial charge in [-0.1, -0.05) is 135 Å². The Balaban J connectivity index is 0. The van der Waals surface area contributed by atoms with Crippen LogP contribution in [0.25, 0.3) is 0 Å². The average molecular weight is 695 g/mol. The number of carboxylic acids is 1. The van der Waals surface area contributed by atoms with E-state index >= 15 is 0 Å². The molecule has 0 aliphatic rings. The van der Waals surface area contributed by atoms with Crippen LogP contribution in [0.15, 0.2) is 4.99 Å². The predicted octanol–water partition coefficient (Wildman–Crippen LogP) is 6.36. The van der Waals surface area contributed by atoms with E-state index in [1.54, 1.807) is 0 Å². The van der Waals surface area contributed by atoms with Gasteiger partial charge in [0.1, 0.15) is 6.04 Å². The second kappa shape index (κ2) is 32.5. The van der Waals surface area contributed by atoms with Gasteiger partial charge in [-0.05, 0) is 19.3 Å². The van der Waals surface area contributed by atoms with Crippen molar-refractivity contribution in [2.45, 2.75) is 173 Å². The first-order valence-corrected chi connectivity index (χ1v) is 18.0. The van der Waals surface area contributed by atoms with Crippen molar-refractivity contribution in [1.82, 2.24) is 10.6 Å². The van der Waals surface area contributed by atoms with Crippen LogP contribution in [-0.2, 0) is 19.2 Å². The highest BCUT2D eigenvalue weighted by Crippen LogP contribution is 2.15. The first kappa shape index (κ1) is 47.1. The smallest absolute Gasteiger partial charge is 0.475 e. The number of amides is 3. The first-order chi connectivity index (χ1) is 22.8. The number of primary amides is 1. The van der Waals surface area contributed by atoms with Gasteiger partial charge in [-0.2, -0.15) is 13.2 Å². The fourth-order valence-corrected chi connectivity index (χ4v) is 5.02. The molecule has 9 N–H and O–H groups in total. The van der Waals surface area contributed by atoms with Crippen LogP contribution >= 0.6 is 0 Å². The van der Waals surface area contributed by atoms with Crippen molar-refractivity contribution < 1.29 is 37.5 Å². The molecule has 0 radical (unpaired) electrons. The van der Waals surface area contributed by atoms with E-state index < -0.39 is 30.0 Å². The third-order valence-corrected chi connectivity index (χ3v) is 7.82. The van der Waals surface area contributed by atoms with Crippen molar-refractivity contribution >= 4 is 29.7 Å². The zero-order valence-electron chi connectivity index (χ0n) is 29.4. The molecule has 0 rings (SSSR count). The number of aliphatic carboxylic acids is 1. The Morgan fingerprint density at radius 2 is 1.02 bits per heavy atom. The maximum atomic E-state index is 12.1. The zero-order valence-corrected chi connectivity index (χ0v) is 29.4. The summed E-state index contributed by atoms with van der Waals surface area (Å²) in [7, 11) is 0. The number of rotatable bonds is 30. The van der Waals surface area contributed by atoms with Gasteiger partial charge in [-0.3, -0.25) is 19.4 Å². The number of nitrogens with one attached hydrogen (secondary N) is 2. The molecule has 282 valence electrons. The Morgan fingerprint density at radius 3 is 1.35 bits per heavy atom. The number of guanidine groups is 1. The average Bonchev–Trinajstić information content (AvgIpc) is 3.01. The standard InChI is InChI=1S/C32H64N6O3.C2HF3O2/c1-2-3-4-5-6-7-8-9-10-11-12-13-14-15-16-17-18-19-20-21-22-25-29(39)37-27-30(40)38-28(31(33)41)24-23-26-36-32(34)35;3-2(4,5)1(6)7/h28H,2-27H2,1H3,(H2,33,41)(H,37,39)(H,38,40)(H4,34,35,36);(H,6,7)/t28-;/m0./s1. The van der Waals surface area contributed by atoms with Crippen molar-refractivity contribution in [2.75, 3.05) is 13.1 Å². The molecule has 0 saturated heterocycles. The number of aliphatic imine (C=N–C) groups is 1. The van der Waals surface area contributed by atoms with Crippen molar-refractivity contribution in [3.05, 3.63) is 0 Å². The fourth-order valence-electron chi connectivity index (χ4n) is 5.02. The van der Waals surface area contributed by atoms with Crippen molar-refractivity contribution in [3.8, 4) is 0 Å². The SMILES string of the molecule is CCCCCCCCCCCCCCCCCCCCCCCC(=O)NCC(=O)N[C@@H](CCCN=C(N)N)C(N)=O.O=C(O)C(F)(F)F.